The summed E-state index contributed by atoms with van der Waals surface area (Å²) in [5.74, 6) is 0. The van der Waals surface area contributed by atoms with E-state index in [0.29, 0.717) is 17.9 Å². The lowest BCUT2D eigenvalue weighted by atomic mass is 10.1. The van der Waals surface area contributed by atoms with Crippen molar-refractivity contribution in [3.8, 4) is 0 Å². The molecule has 7 heteroatoms. The third-order valence-corrected chi connectivity index (χ3v) is 3.59. The molecule has 0 atom stereocenters. The highest BCUT2D eigenvalue weighted by Crippen LogP contribution is 2.14. The van der Waals surface area contributed by atoms with Crippen molar-refractivity contribution in [3.05, 3.63) is 59.7 Å². The van der Waals surface area contributed by atoms with Gasteiger partial charge in [-0.1, -0.05) is 29.8 Å². The molecule has 6 nitrogen and oxygen atoms in total. The number of anilines is 2. The average molecular weight is 333 g/mol. The molecule has 3 N–H and O–H groups in total. The van der Waals surface area contributed by atoms with Crippen LogP contribution in [-0.2, 0) is 16.6 Å². The molecule has 0 aromatic heterocycles. The smallest absolute Gasteiger partial charge is 0.319 e. The Morgan fingerprint density at radius 2 is 1.70 bits per heavy atom. The van der Waals surface area contributed by atoms with Crippen molar-refractivity contribution in [1.82, 2.24) is 5.32 Å². The number of hydrogen-bond acceptors (Lipinski definition) is 3. The zero-order valence-electron chi connectivity index (χ0n) is 13.0. The number of sulfonamides is 1. The quantitative estimate of drug-likeness (QED) is 0.786. The standard InChI is InChI=1S/C16H19N3O3S/c1-12-4-3-5-13(10-12)11-17-16(20)18-14-6-8-15(9-7-14)19-23(2,21)22/h3-10,19H,11H2,1-2H3,(H2,17,18,20). The minimum absolute atomic E-state index is 0.324. The van der Waals surface area contributed by atoms with Gasteiger partial charge in [-0.3, -0.25) is 4.72 Å². The molecule has 0 fully saturated rings. The van der Waals surface area contributed by atoms with Crippen molar-refractivity contribution in [2.75, 3.05) is 16.3 Å². The van der Waals surface area contributed by atoms with Crippen molar-refractivity contribution in [2.24, 2.45) is 0 Å². The lowest BCUT2D eigenvalue weighted by Gasteiger charge is -2.09. The van der Waals surface area contributed by atoms with E-state index in [4.69, 9.17) is 0 Å². The Morgan fingerprint density at radius 1 is 1.04 bits per heavy atom. The van der Waals surface area contributed by atoms with Gasteiger partial charge in [-0.2, -0.15) is 0 Å². The van der Waals surface area contributed by atoms with E-state index < -0.39 is 10.0 Å². The number of urea groups is 1. The molecule has 0 bridgehead atoms. The highest BCUT2D eigenvalue weighted by Gasteiger charge is 2.04. The second-order valence-electron chi connectivity index (χ2n) is 5.25. The summed E-state index contributed by atoms with van der Waals surface area (Å²) in [4.78, 5) is 11.9. The fraction of sp³-hybridized carbons (Fsp3) is 0.188. The van der Waals surface area contributed by atoms with Crippen LogP contribution in [0.4, 0.5) is 16.2 Å². The molecule has 0 aliphatic heterocycles. The van der Waals surface area contributed by atoms with Gasteiger partial charge in [-0.25, -0.2) is 13.2 Å². The van der Waals surface area contributed by atoms with Gasteiger partial charge in [0.1, 0.15) is 0 Å². The normalized spacial score (nSPS) is 10.9. The fourth-order valence-electron chi connectivity index (χ4n) is 2.02. The van der Waals surface area contributed by atoms with E-state index in [0.717, 1.165) is 17.4 Å². The van der Waals surface area contributed by atoms with Crippen molar-refractivity contribution in [2.45, 2.75) is 13.5 Å². The Kier molecular flexibility index (Phi) is 5.23. The van der Waals surface area contributed by atoms with Crippen molar-refractivity contribution in [1.29, 1.82) is 0 Å². The monoisotopic (exact) mass is 333 g/mol. The first-order valence-corrected chi connectivity index (χ1v) is 8.89. The summed E-state index contributed by atoms with van der Waals surface area (Å²) >= 11 is 0. The maximum Gasteiger partial charge on any atom is 0.319 e. The third kappa shape index (κ3) is 5.99. The molecule has 0 saturated heterocycles. The molecular formula is C16H19N3O3S. The number of amides is 2. The third-order valence-electron chi connectivity index (χ3n) is 2.98. The van der Waals surface area contributed by atoms with E-state index >= 15 is 0 Å². The summed E-state index contributed by atoms with van der Waals surface area (Å²) in [6.07, 6.45) is 1.08. The highest BCUT2D eigenvalue weighted by molar-refractivity contribution is 7.92. The summed E-state index contributed by atoms with van der Waals surface area (Å²) < 4.78 is 24.6. The number of aryl methyl sites for hydroxylation is 1. The Balaban J connectivity index is 1.87. The molecule has 2 rings (SSSR count). The summed E-state index contributed by atoms with van der Waals surface area (Å²) in [6, 6.07) is 14.0. The van der Waals surface area contributed by atoms with Gasteiger partial charge in [0.15, 0.2) is 0 Å². The maximum absolute atomic E-state index is 11.9. The van der Waals surface area contributed by atoms with Crippen LogP contribution in [0.1, 0.15) is 11.1 Å². The summed E-state index contributed by atoms with van der Waals surface area (Å²) in [5, 5.41) is 5.46. The largest absolute Gasteiger partial charge is 0.334 e. The minimum Gasteiger partial charge on any atom is -0.334 e. The van der Waals surface area contributed by atoms with Gasteiger partial charge in [0.2, 0.25) is 10.0 Å². The number of carbonyl (C=O) groups excluding carboxylic acids is 1. The van der Waals surface area contributed by atoms with Gasteiger partial charge in [0.25, 0.3) is 0 Å². The molecular weight excluding hydrogens is 314 g/mol. The summed E-state index contributed by atoms with van der Waals surface area (Å²) in [5.41, 5.74) is 3.18. The predicted molar refractivity (Wildman–Crippen MR) is 91.9 cm³/mol. The molecule has 2 aromatic carbocycles. The van der Waals surface area contributed by atoms with Gasteiger partial charge in [-0.05, 0) is 36.8 Å². The van der Waals surface area contributed by atoms with Crippen LogP contribution >= 0.6 is 0 Å². The first kappa shape index (κ1) is 16.8. The van der Waals surface area contributed by atoms with Crippen molar-refractivity contribution >= 4 is 27.4 Å². The fourth-order valence-corrected chi connectivity index (χ4v) is 2.58. The number of carbonyl (C=O) groups is 1. The number of nitrogens with one attached hydrogen (secondary N) is 3. The summed E-state index contributed by atoms with van der Waals surface area (Å²) in [7, 11) is -3.31. The molecule has 0 radical (unpaired) electrons. The van der Waals surface area contributed by atoms with Crippen LogP contribution in [0.15, 0.2) is 48.5 Å². The number of benzene rings is 2. The minimum atomic E-state index is -3.31. The van der Waals surface area contributed by atoms with Gasteiger partial charge in [0.05, 0.1) is 6.26 Å². The topological polar surface area (TPSA) is 87.3 Å². The van der Waals surface area contributed by atoms with Crippen molar-refractivity contribution < 1.29 is 13.2 Å². The van der Waals surface area contributed by atoms with Gasteiger partial charge >= 0.3 is 6.03 Å². The zero-order chi connectivity index (χ0) is 16.9. The lowest BCUT2D eigenvalue weighted by Crippen LogP contribution is -2.28. The molecule has 0 heterocycles. The Hall–Kier alpha value is -2.54. The van der Waals surface area contributed by atoms with Crippen LogP contribution in [-0.4, -0.2) is 20.7 Å². The van der Waals surface area contributed by atoms with E-state index in [-0.39, 0.29) is 6.03 Å². The van der Waals surface area contributed by atoms with Gasteiger partial charge < -0.3 is 10.6 Å². The van der Waals surface area contributed by atoms with Crippen LogP contribution in [0.25, 0.3) is 0 Å². The molecule has 0 spiro atoms. The van der Waals surface area contributed by atoms with E-state index in [1.165, 1.54) is 0 Å². The van der Waals surface area contributed by atoms with Gasteiger partial charge in [0, 0.05) is 17.9 Å². The Labute approximate surface area is 136 Å². The molecule has 0 unspecified atom stereocenters. The molecule has 0 saturated carbocycles. The second-order valence-corrected chi connectivity index (χ2v) is 7.00. The van der Waals surface area contributed by atoms with Crippen LogP contribution < -0.4 is 15.4 Å². The maximum atomic E-state index is 11.9. The number of hydrogen-bond donors (Lipinski definition) is 3. The Bertz CT molecular complexity index is 786. The van der Waals surface area contributed by atoms with E-state index in [9.17, 15) is 13.2 Å². The molecule has 0 aliphatic carbocycles. The van der Waals surface area contributed by atoms with E-state index in [1.807, 2.05) is 31.2 Å². The molecule has 2 aromatic rings. The van der Waals surface area contributed by atoms with E-state index in [2.05, 4.69) is 15.4 Å². The molecule has 122 valence electrons. The van der Waals surface area contributed by atoms with Crippen LogP contribution in [0, 0.1) is 6.92 Å². The van der Waals surface area contributed by atoms with Crippen LogP contribution in [0.2, 0.25) is 0 Å². The molecule has 2 amide bonds. The SMILES string of the molecule is Cc1cccc(CNC(=O)Nc2ccc(NS(C)(=O)=O)cc2)c1. The van der Waals surface area contributed by atoms with Gasteiger partial charge in [-0.15, -0.1) is 0 Å². The lowest BCUT2D eigenvalue weighted by molar-refractivity contribution is 0.251. The first-order chi connectivity index (χ1) is 10.8. The second kappa shape index (κ2) is 7.15. The number of rotatable bonds is 5. The van der Waals surface area contributed by atoms with Crippen molar-refractivity contribution in [3.63, 3.8) is 0 Å². The van der Waals surface area contributed by atoms with E-state index in [1.54, 1.807) is 24.3 Å². The molecule has 0 aliphatic rings. The summed E-state index contributed by atoms with van der Waals surface area (Å²) in [6.45, 7) is 2.43. The average Bonchev–Trinajstić information content (AvgIpc) is 2.46. The van der Waals surface area contributed by atoms with Crippen LogP contribution in [0.3, 0.4) is 0 Å². The first-order valence-electron chi connectivity index (χ1n) is 7.00. The highest BCUT2D eigenvalue weighted by atomic mass is 32.2. The predicted octanol–water partition coefficient (Wildman–Crippen LogP) is 2.69. The zero-order valence-corrected chi connectivity index (χ0v) is 13.8. The van der Waals surface area contributed by atoms with Crippen LogP contribution in [0.5, 0.6) is 0 Å². The Morgan fingerprint density at radius 3 is 2.30 bits per heavy atom. The molecule has 23 heavy (non-hydrogen) atoms.